The summed E-state index contributed by atoms with van der Waals surface area (Å²) in [7, 11) is 1.50. The van der Waals surface area contributed by atoms with Gasteiger partial charge in [-0.05, 0) is 72.3 Å². The highest BCUT2D eigenvalue weighted by molar-refractivity contribution is 6.39. The normalized spacial score (nSPS) is 15.0. The van der Waals surface area contributed by atoms with E-state index in [2.05, 4.69) is 5.32 Å². The lowest BCUT2D eigenvalue weighted by Gasteiger charge is -2.26. The third kappa shape index (κ3) is 4.34. The van der Waals surface area contributed by atoms with E-state index < -0.39 is 17.8 Å². The first-order valence-electron chi connectivity index (χ1n) is 9.53. The number of ether oxygens (including phenoxy) is 2. The van der Waals surface area contributed by atoms with Gasteiger partial charge in [0.25, 0.3) is 11.8 Å². The topological polar surface area (TPSA) is 84.9 Å². The summed E-state index contributed by atoms with van der Waals surface area (Å²) in [6, 6.07) is 17.7. The number of rotatable bonds is 5. The van der Waals surface area contributed by atoms with Crippen molar-refractivity contribution in [1.29, 1.82) is 0 Å². The van der Waals surface area contributed by atoms with E-state index in [1.807, 2.05) is 0 Å². The number of barbiturate groups is 1. The van der Waals surface area contributed by atoms with E-state index in [0.717, 1.165) is 4.90 Å². The van der Waals surface area contributed by atoms with Crippen LogP contribution >= 0.6 is 0 Å². The summed E-state index contributed by atoms with van der Waals surface area (Å²) in [6.07, 6.45) is 1.39. The number of urea groups is 1. The van der Waals surface area contributed by atoms with Gasteiger partial charge < -0.3 is 9.47 Å². The molecule has 0 aromatic heterocycles. The van der Waals surface area contributed by atoms with Crippen LogP contribution in [-0.4, -0.2) is 25.0 Å². The zero-order valence-corrected chi connectivity index (χ0v) is 16.9. The van der Waals surface area contributed by atoms with E-state index in [1.54, 1.807) is 48.5 Å². The van der Waals surface area contributed by atoms with Gasteiger partial charge in [-0.2, -0.15) is 0 Å². The molecule has 4 rings (SSSR count). The number of carbonyl (C=O) groups is 3. The number of methoxy groups -OCH3 is 1. The maximum absolute atomic E-state index is 13.0. The van der Waals surface area contributed by atoms with E-state index in [-0.39, 0.29) is 11.4 Å². The summed E-state index contributed by atoms with van der Waals surface area (Å²) >= 11 is 0. The van der Waals surface area contributed by atoms with Crippen molar-refractivity contribution in [3.63, 3.8) is 0 Å². The van der Waals surface area contributed by atoms with E-state index in [1.165, 1.54) is 37.5 Å². The Bertz CT molecular complexity index is 1200. The molecule has 0 aliphatic carbocycles. The molecule has 1 fully saturated rings. The first-order chi connectivity index (χ1) is 15.4. The fourth-order valence-electron chi connectivity index (χ4n) is 3.06. The molecule has 1 saturated heterocycles. The molecule has 32 heavy (non-hydrogen) atoms. The van der Waals surface area contributed by atoms with E-state index in [4.69, 9.17) is 9.47 Å². The van der Waals surface area contributed by atoms with Crippen molar-refractivity contribution in [1.82, 2.24) is 5.32 Å². The summed E-state index contributed by atoms with van der Waals surface area (Å²) < 4.78 is 23.7. The summed E-state index contributed by atoms with van der Waals surface area (Å²) in [5.74, 6) is -0.363. The zero-order chi connectivity index (χ0) is 22.7. The maximum atomic E-state index is 13.0. The van der Waals surface area contributed by atoms with E-state index in [9.17, 15) is 18.8 Å². The van der Waals surface area contributed by atoms with Crippen LogP contribution in [0.1, 0.15) is 5.56 Å². The quantitative estimate of drug-likeness (QED) is 0.480. The molecule has 0 radical (unpaired) electrons. The van der Waals surface area contributed by atoms with Gasteiger partial charge in [-0.15, -0.1) is 0 Å². The predicted octanol–water partition coefficient (Wildman–Crippen LogP) is 4.29. The Morgan fingerprint density at radius 3 is 1.97 bits per heavy atom. The van der Waals surface area contributed by atoms with Crippen molar-refractivity contribution in [2.75, 3.05) is 12.0 Å². The number of anilines is 1. The summed E-state index contributed by atoms with van der Waals surface area (Å²) in [5.41, 5.74) is 0.668. The van der Waals surface area contributed by atoms with Crippen LogP contribution in [0.3, 0.4) is 0 Å². The second-order valence-electron chi connectivity index (χ2n) is 6.78. The van der Waals surface area contributed by atoms with Gasteiger partial charge in [0.05, 0.1) is 12.8 Å². The van der Waals surface area contributed by atoms with Gasteiger partial charge in [0.1, 0.15) is 28.6 Å². The number of hydrogen-bond donors (Lipinski definition) is 1. The molecule has 0 saturated carbocycles. The van der Waals surface area contributed by atoms with Gasteiger partial charge in [-0.1, -0.05) is 12.1 Å². The highest BCUT2D eigenvalue weighted by Crippen LogP contribution is 2.26. The Balaban J connectivity index is 1.56. The Morgan fingerprint density at radius 2 is 1.38 bits per heavy atom. The molecular formula is C24H17FN2O5. The molecule has 3 aromatic carbocycles. The number of amides is 4. The summed E-state index contributed by atoms with van der Waals surface area (Å²) in [4.78, 5) is 38.4. The molecule has 0 bridgehead atoms. The number of carbonyl (C=O) groups excluding carboxylic acids is 3. The Kier molecular flexibility index (Phi) is 5.67. The maximum Gasteiger partial charge on any atom is 0.335 e. The molecule has 1 N–H and O–H groups in total. The lowest BCUT2D eigenvalue weighted by atomic mass is 10.1. The summed E-state index contributed by atoms with van der Waals surface area (Å²) in [6.45, 7) is 0. The van der Waals surface area contributed by atoms with E-state index >= 15 is 0 Å². The highest BCUT2D eigenvalue weighted by atomic mass is 19.1. The Morgan fingerprint density at radius 1 is 0.812 bits per heavy atom. The number of nitrogens with one attached hydrogen (secondary N) is 1. The highest BCUT2D eigenvalue weighted by Gasteiger charge is 2.36. The molecule has 0 atom stereocenters. The number of imide groups is 2. The Hall–Kier alpha value is -4.46. The molecule has 7 nitrogen and oxygen atoms in total. The van der Waals surface area contributed by atoms with Crippen LogP contribution in [0.5, 0.6) is 17.2 Å². The molecular weight excluding hydrogens is 415 g/mol. The lowest BCUT2D eigenvalue weighted by Crippen LogP contribution is -2.54. The molecule has 8 heteroatoms. The summed E-state index contributed by atoms with van der Waals surface area (Å²) in [5, 5.41) is 2.18. The van der Waals surface area contributed by atoms with Gasteiger partial charge >= 0.3 is 6.03 Å². The van der Waals surface area contributed by atoms with Crippen molar-refractivity contribution in [2.24, 2.45) is 0 Å². The van der Waals surface area contributed by atoms with Crippen molar-refractivity contribution >= 4 is 29.6 Å². The van der Waals surface area contributed by atoms with Gasteiger partial charge in [-0.25, -0.2) is 14.1 Å². The van der Waals surface area contributed by atoms with Crippen LogP contribution in [-0.2, 0) is 9.59 Å². The number of halogens is 1. The molecule has 1 aliphatic heterocycles. The van der Waals surface area contributed by atoms with Crippen LogP contribution in [0.4, 0.5) is 14.9 Å². The Labute approximate surface area is 182 Å². The smallest absolute Gasteiger partial charge is 0.335 e. The molecule has 0 unspecified atom stereocenters. The van der Waals surface area contributed by atoms with Crippen LogP contribution in [0.2, 0.25) is 0 Å². The number of benzene rings is 3. The van der Waals surface area contributed by atoms with Crippen molar-refractivity contribution < 1.29 is 28.2 Å². The molecule has 1 aliphatic rings. The largest absolute Gasteiger partial charge is 0.497 e. The first kappa shape index (κ1) is 20.8. The third-order valence-corrected chi connectivity index (χ3v) is 4.67. The van der Waals surface area contributed by atoms with Crippen LogP contribution < -0.4 is 19.7 Å². The van der Waals surface area contributed by atoms with Crippen molar-refractivity contribution in [3.05, 3.63) is 89.8 Å². The minimum atomic E-state index is -0.828. The van der Waals surface area contributed by atoms with Crippen LogP contribution in [0.15, 0.2) is 78.4 Å². The molecule has 4 amide bonds. The third-order valence-electron chi connectivity index (χ3n) is 4.67. The standard InChI is InChI=1S/C24H17FN2O5/c1-31-18-12-6-17(7-13-18)27-23(29)21(22(28)26-24(27)30)14-15-2-8-19(9-3-15)32-20-10-4-16(25)5-11-20/h2-14H,1H3,(H,26,28,30)/b21-14+. The average Bonchev–Trinajstić information content (AvgIpc) is 2.79. The fraction of sp³-hybridized carbons (Fsp3) is 0.0417. The van der Waals surface area contributed by atoms with Gasteiger partial charge in [-0.3, -0.25) is 14.9 Å². The molecule has 0 spiro atoms. The zero-order valence-electron chi connectivity index (χ0n) is 16.9. The van der Waals surface area contributed by atoms with Gasteiger partial charge in [0.2, 0.25) is 0 Å². The van der Waals surface area contributed by atoms with Crippen molar-refractivity contribution in [2.45, 2.75) is 0 Å². The monoisotopic (exact) mass is 432 g/mol. The minimum Gasteiger partial charge on any atom is -0.497 e. The number of nitrogens with zero attached hydrogens (tertiary/aromatic N) is 1. The second kappa shape index (κ2) is 8.73. The van der Waals surface area contributed by atoms with Crippen LogP contribution in [0, 0.1) is 5.82 Å². The second-order valence-corrected chi connectivity index (χ2v) is 6.78. The fourth-order valence-corrected chi connectivity index (χ4v) is 3.06. The van der Waals surface area contributed by atoms with Crippen molar-refractivity contribution in [3.8, 4) is 17.2 Å². The minimum absolute atomic E-state index is 0.187. The average molecular weight is 432 g/mol. The van der Waals surface area contributed by atoms with Gasteiger partial charge in [0.15, 0.2) is 0 Å². The van der Waals surface area contributed by atoms with E-state index in [0.29, 0.717) is 28.5 Å². The first-order valence-corrected chi connectivity index (χ1v) is 9.53. The molecule has 3 aromatic rings. The van der Waals surface area contributed by atoms with Crippen LogP contribution in [0.25, 0.3) is 6.08 Å². The molecule has 1 heterocycles. The molecule has 160 valence electrons. The van der Waals surface area contributed by atoms with Gasteiger partial charge in [0, 0.05) is 0 Å². The SMILES string of the molecule is COc1ccc(N2C(=O)NC(=O)/C(=C\c3ccc(Oc4ccc(F)cc4)cc3)C2=O)cc1. The number of hydrogen-bond acceptors (Lipinski definition) is 5. The predicted molar refractivity (Wildman–Crippen MR) is 115 cm³/mol. The lowest BCUT2D eigenvalue weighted by molar-refractivity contribution is -0.122.